The summed E-state index contributed by atoms with van der Waals surface area (Å²) in [5.41, 5.74) is -0.914. The maximum Gasteiger partial charge on any atom is 0.417 e. The Morgan fingerprint density at radius 2 is 2.06 bits per heavy atom. The molecule has 0 aromatic carbocycles. The van der Waals surface area contributed by atoms with Crippen LogP contribution in [-0.2, 0) is 6.18 Å². The number of halogens is 4. The summed E-state index contributed by atoms with van der Waals surface area (Å²) in [7, 11) is 0. The minimum Gasteiger partial charge on any atom is -0.364 e. The van der Waals surface area contributed by atoms with Gasteiger partial charge < -0.3 is 5.32 Å². The van der Waals surface area contributed by atoms with Crippen molar-refractivity contribution >= 4 is 17.4 Å². The highest BCUT2D eigenvalue weighted by Gasteiger charge is 2.34. The van der Waals surface area contributed by atoms with Gasteiger partial charge in [0, 0.05) is 11.7 Å². The van der Waals surface area contributed by atoms with E-state index in [9.17, 15) is 13.2 Å². The fourth-order valence-electron chi connectivity index (χ4n) is 1.80. The van der Waals surface area contributed by atoms with Gasteiger partial charge in [-0.3, -0.25) is 0 Å². The Hall–Kier alpha value is -0.970. The molecule has 0 bridgehead atoms. The lowest BCUT2D eigenvalue weighted by atomic mass is 9.78. The van der Waals surface area contributed by atoms with E-state index in [1.54, 1.807) is 0 Å². The number of pyridine rings is 1. The van der Waals surface area contributed by atoms with Crippen LogP contribution in [0.15, 0.2) is 12.3 Å². The van der Waals surface area contributed by atoms with Gasteiger partial charge in [0.2, 0.25) is 0 Å². The van der Waals surface area contributed by atoms with E-state index in [4.69, 9.17) is 11.6 Å². The molecule has 1 aliphatic rings. The van der Waals surface area contributed by atoms with Gasteiger partial charge in [0.1, 0.15) is 5.82 Å². The number of aromatic nitrogens is 1. The van der Waals surface area contributed by atoms with Crippen LogP contribution in [0, 0.1) is 0 Å². The number of nitrogens with one attached hydrogen (secondary N) is 1. The maximum absolute atomic E-state index is 12.4. The Morgan fingerprint density at radius 1 is 1.41 bits per heavy atom. The van der Waals surface area contributed by atoms with Crippen LogP contribution in [0.25, 0.3) is 0 Å². The van der Waals surface area contributed by atoms with Crippen LogP contribution in [0.3, 0.4) is 0 Å². The molecule has 1 N–H and O–H groups in total. The average Bonchev–Trinajstić information content (AvgIpc) is 2.17. The molecule has 0 unspecified atom stereocenters. The van der Waals surface area contributed by atoms with Crippen LogP contribution in [0.4, 0.5) is 19.0 Å². The van der Waals surface area contributed by atoms with Gasteiger partial charge in [0.05, 0.1) is 10.6 Å². The first-order chi connectivity index (χ1) is 7.80. The molecule has 0 spiro atoms. The second-order valence-electron chi connectivity index (χ2n) is 4.59. The second-order valence-corrected chi connectivity index (χ2v) is 5.00. The number of nitrogens with zero attached hydrogens (tertiary/aromatic N) is 1. The van der Waals surface area contributed by atoms with Crippen molar-refractivity contribution < 1.29 is 13.2 Å². The summed E-state index contributed by atoms with van der Waals surface area (Å²) in [6, 6.07) is 0.902. The standard InChI is InChI=1S/C11H12ClF3N2/c1-10(3-2-4-10)17-9-8(12)5-7(6-16-9)11(13,14)15/h5-6H,2-4H2,1H3,(H,16,17). The van der Waals surface area contributed by atoms with Crippen LogP contribution in [0.5, 0.6) is 0 Å². The first kappa shape index (κ1) is 12.5. The van der Waals surface area contributed by atoms with E-state index in [2.05, 4.69) is 10.3 Å². The zero-order chi connectivity index (χ0) is 12.7. The normalized spacial score (nSPS) is 18.6. The Morgan fingerprint density at radius 3 is 2.47 bits per heavy atom. The SMILES string of the molecule is CC1(Nc2ncc(C(F)(F)F)cc2Cl)CCC1. The summed E-state index contributed by atoms with van der Waals surface area (Å²) in [5.74, 6) is 0.321. The molecular weight excluding hydrogens is 253 g/mol. The number of rotatable bonds is 2. The topological polar surface area (TPSA) is 24.9 Å². The number of hydrogen-bond donors (Lipinski definition) is 1. The quantitative estimate of drug-likeness (QED) is 0.870. The van der Waals surface area contributed by atoms with Crippen LogP contribution >= 0.6 is 11.6 Å². The van der Waals surface area contributed by atoms with Crippen molar-refractivity contribution in [3.05, 3.63) is 22.8 Å². The van der Waals surface area contributed by atoms with Gasteiger partial charge in [-0.05, 0) is 32.3 Å². The molecule has 2 nitrogen and oxygen atoms in total. The Bertz CT molecular complexity index is 427. The molecule has 0 saturated heterocycles. The average molecular weight is 265 g/mol. The van der Waals surface area contributed by atoms with E-state index < -0.39 is 11.7 Å². The molecule has 1 heterocycles. The lowest BCUT2D eigenvalue weighted by Crippen LogP contribution is -2.42. The van der Waals surface area contributed by atoms with Gasteiger partial charge in [0.15, 0.2) is 0 Å². The Balaban J connectivity index is 2.20. The molecule has 0 atom stereocenters. The highest BCUT2D eigenvalue weighted by molar-refractivity contribution is 6.33. The Labute approximate surface area is 102 Å². The molecule has 6 heteroatoms. The number of hydrogen-bond acceptors (Lipinski definition) is 2. The van der Waals surface area contributed by atoms with Crippen molar-refractivity contribution in [2.45, 2.75) is 37.9 Å². The predicted octanol–water partition coefficient (Wildman–Crippen LogP) is 4.11. The minimum atomic E-state index is -4.41. The highest BCUT2D eigenvalue weighted by atomic mass is 35.5. The molecule has 0 aliphatic heterocycles. The van der Waals surface area contributed by atoms with Crippen LogP contribution in [0.1, 0.15) is 31.7 Å². The van der Waals surface area contributed by atoms with Gasteiger partial charge in [-0.25, -0.2) is 4.98 Å². The minimum absolute atomic E-state index is 0.00736. The van der Waals surface area contributed by atoms with Crippen LogP contribution in [0.2, 0.25) is 5.02 Å². The summed E-state index contributed by atoms with van der Waals surface area (Å²) in [6.45, 7) is 2.01. The van der Waals surface area contributed by atoms with Gasteiger partial charge in [0.25, 0.3) is 0 Å². The summed E-state index contributed by atoms with van der Waals surface area (Å²) in [4.78, 5) is 3.75. The van der Waals surface area contributed by atoms with Crippen molar-refractivity contribution in [2.75, 3.05) is 5.32 Å². The fourth-order valence-corrected chi connectivity index (χ4v) is 2.02. The molecule has 1 aromatic rings. The zero-order valence-electron chi connectivity index (χ0n) is 9.24. The summed E-state index contributed by atoms with van der Waals surface area (Å²) >= 11 is 5.80. The van der Waals surface area contributed by atoms with E-state index in [1.807, 2.05) is 6.92 Å². The van der Waals surface area contributed by atoms with Gasteiger partial charge in [-0.1, -0.05) is 11.6 Å². The first-order valence-corrected chi connectivity index (χ1v) is 5.69. The van der Waals surface area contributed by atoms with E-state index >= 15 is 0 Å². The molecule has 94 valence electrons. The van der Waals surface area contributed by atoms with Crippen molar-refractivity contribution in [2.24, 2.45) is 0 Å². The summed E-state index contributed by atoms with van der Waals surface area (Å²) in [5, 5.41) is 3.10. The molecule has 0 radical (unpaired) electrons. The number of anilines is 1. The van der Waals surface area contributed by atoms with E-state index in [-0.39, 0.29) is 10.6 Å². The second kappa shape index (κ2) is 4.05. The summed E-state index contributed by atoms with van der Waals surface area (Å²) < 4.78 is 37.2. The van der Waals surface area contributed by atoms with Crippen molar-refractivity contribution in [3.63, 3.8) is 0 Å². The molecule has 17 heavy (non-hydrogen) atoms. The van der Waals surface area contributed by atoms with Gasteiger partial charge in [-0.15, -0.1) is 0 Å². The Kier molecular flexibility index (Phi) is 2.97. The van der Waals surface area contributed by atoms with Crippen LogP contribution < -0.4 is 5.32 Å². The monoisotopic (exact) mass is 264 g/mol. The molecule has 1 aromatic heterocycles. The van der Waals surface area contributed by atoms with Gasteiger partial charge in [-0.2, -0.15) is 13.2 Å². The summed E-state index contributed by atoms with van der Waals surface area (Å²) in [6.07, 6.45) is -0.536. The van der Waals surface area contributed by atoms with Crippen molar-refractivity contribution in [1.29, 1.82) is 0 Å². The third-order valence-electron chi connectivity index (χ3n) is 3.05. The lowest BCUT2D eigenvalue weighted by molar-refractivity contribution is -0.137. The molecule has 0 amide bonds. The van der Waals surface area contributed by atoms with E-state index in [0.717, 1.165) is 31.5 Å². The third-order valence-corrected chi connectivity index (χ3v) is 3.33. The maximum atomic E-state index is 12.4. The molecule has 1 fully saturated rings. The van der Waals surface area contributed by atoms with Gasteiger partial charge >= 0.3 is 6.18 Å². The molecule has 1 aliphatic carbocycles. The van der Waals surface area contributed by atoms with Crippen molar-refractivity contribution in [1.82, 2.24) is 4.98 Å². The molecular formula is C11H12ClF3N2. The predicted molar refractivity (Wildman–Crippen MR) is 60.1 cm³/mol. The fraction of sp³-hybridized carbons (Fsp3) is 0.545. The smallest absolute Gasteiger partial charge is 0.364 e. The third kappa shape index (κ3) is 2.65. The molecule has 2 rings (SSSR count). The highest BCUT2D eigenvalue weighted by Crippen LogP contribution is 2.37. The van der Waals surface area contributed by atoms with E-state index in [0.29, 0.717) is 5.82 Å². The molecule has 1 saturated carbocycles. The largest absolute Gasteiger partial charge is 0.417 e. The van der Waals surface area contributed by atoms with Crippen LogP contribution in [-0.4, -0.2) is 10.5 Å². The first-order valence-electron chi connectivity index (χ1n) is 5.31. The number of alkyl halides is 3. The van der Waals surface area contributed by atoms with E-state index in [1.165, 1.54) is 0 Å². The zero-order valence-corrected chi connectivity index (χ0v) is 9.99. The lowest BCUT2D eigenvalue weighted by Gasteiger charge is -2.39. The van der Waals surface area contributed by atoms with Crippen molar-refractivity contribution in [3.8, 4) is 0 Å².